The summed E-state index contributed by atoms with van der Waals surface area (Å²) in [6.07, 6.45) is 1.03. The van der Waals surface area contributed by atoms with Crippen molar-refractivity contribution >= 4 is 23.7 Å². The van der Waals surface area contributed by atoms with Crippen LogP contribution >= 0.6 is 0 Å². The predicted octanol–water partition coefficient (Wildman–Crippen LogP) is 1.84. The van der Waals surface area contributed by atoms with Crippen molar-refractivity contribution in [1.82, 2.24) is 10.3 Å². The van der Waals surface area contributed by atoms with Gasteiger partial charge < -0.3 is 20.5 Å². The number of hydrogen-bond acceptors (Lipinski definition) is 7. The SMILES string of the molecule is CC(C)(C)OC(=O)C[C@@H](NC(=O)c1ccnc(N)c1)C(=O)OC(C)(C)C. The van der Waals surface area contributed by atoms with Gasteiger partial charge in [-0.05, 0) is 53.7 Å². The van der Waals surface area contributed by atoms with Crippen LogP contribution < -0.4 is 11.1 Å². The van der Waals surface area contributed by atoms with Crippen molar-refractivity contribution in [2.75, 3.05) is 5.73 Å². The molecule has 0 fully saturated rings. The van der Waals surface area contributed by atoms with Crippen molar-refractivity contribution in [3.8, 4) is 0 Å². The van der Waals surface area contributed by atoms with E-state index in [0.717, 1.165) is 0 Å². The van der Waals surface area contributed by atoms with Crippen LogP contribution in [0.15, 0.2) is 18.3 Å². The number of hydrogen-bond donors (Lipinski definition) is 2. The average Bonchev–Trinajstić information content (AvgIpc) is 2.42. The van der Waals surface area contributed by atoms with Crippen molar-refractivity contribution < 1.29 is 23.9 Å². The summed E-state index contributed by atoms with van der Waals surface area (Å²) in [5.41, 5.74) is 4.30. The van der Waals surface area contributed by atoms with Gasteiger partial charge in [-0.1, -0.05) is 0 Å². The molecule has 1 aromatic rings. The quantitative estimate of drug-likeness (QED) is 0.764. The van der Waals surface area contributed by atoms with Gasteiger partial charge in [0, 0.05) is 11.8 Å². The highest BCUT2D eigenvalue weighted by molar-refractivity contribution is 5.98. The molecule has 8 nitrogen and oxygen atoms in total. The second-order valence-electron chi connectivity index (χ2n) is 7.82. The fraction of sp³-hybridized carbons (Fsp3) is 0.556. The largest absolute Gasteiger partial charge is 0.460 e. The minimum absolute atomic E-state index is 0.165. The fourth-order valence-corrected chi connectivity index (χ4v) is 1.95. The maximum Gasteiger partial charge on any atom is 0.329 e. The minimum atomic E-state index is -1.19. The fourth-order valence-electron chi connectivity index (χ4n) is 1.95. The highest BCUT2D eigenvalue weighted by Crippen LogP contribution is 2.14. The standard InChI is InChI=1S/C18H27N3O5/c1-17(2,3)25-14(22)10-12(16(24)26-18(4,5)6)21-15(23)11-7-8-20-13(19)9-11/h7-9,12H,10H2,1-6H3,(H2,19,20)(H,21,23)/t12-/m1/s1. The summed E-state index contributed by atoms with van der Waals surface area (Å²) in [4.78, 5) is 40.7. The maximum atomic E-state index is 12.4. The van der Waals surface area contributed by atoms with Crippen molar-refractivity contribution in [3.05, 3.63) is 23.9 Å². The number of ether oxygens (including phenoxy) is 2. The first kappa shape index (κ1) is 21.4. The molecular weight excluding hydrogens is 338 g/mol. The molecule has 1 rings (SSSR count). The van der Waals surface area contributed by atoms with Crippen LogP contribution in [0, 0.1) is 0 Å². The van der Waals surface area contributed by atoms with Crippen LogP contribution in [0.25, 0.3) is 0 Å². The predicted molar refractivity (Wildman–Crippen MR) is 96.2 cm³/mol. The van der Waals surface area contributed by atoms with Crippen LogP contribution in [0.2, 0.25) is 0 Å². The maximum absolute atomic E-state index is 12.4. The van der Waals surface area contributed by atoms with Gasteiger partial charge >= 0.3 is 11.9 Å². The lowest BCUT2D eigenvalue weighted by Crippen LogP contribution is -2.46. The number of carbonyl (C=O) groups excluding carboxylic acids is 3. The molecule has 26 heavy (non-hydrogen) atoms. The zero-order valence-corrected chi connectivity index (χ0v) is 16.1. The van der Waals surface area contributed by atoms with Gasteiger partial charge in [-0.2, -0.15) is 0 Å². The van der Waals surface area contributed by atoms with Crippen LogP contribution in [-0.2, 0) is 19.1 Å². The van der Waals surface area contributed by atoms with Gasteiger partial charge in [-0.3, -0.25) is 9.59 Å². The first-order valence-corrected chi connectivity index (χ1v) is 8.24. The number of rotatable bonds is 5. The molecule has 0 aromatic carbocycles. The third-order valence-electron chi connectivity index (χ3n) is 2.83. The molecule has 0 unspecified atom stereocenters. The van der Waals surface area contributed by atoms with Gasteiger partial charge in [0.1, 0.15) is 23.1 Å². The number of pyridine rings is 1. The van der Waals surface area contributed by atoms with E-state index >= 15 is 0 Å². The van der Waals surface area contributed by atoms with Gasteiger partial charge in [-0.15, -0.1) is 0 Å². The lowest BCUT2D eigenvalue weighted by molar-refractivity contribution is -0.164. The number of aromatic nitrogens is 1. The molecule has 0 saturated carbocycles. The molecule has 0 bridgehead atoms. The first-order valence-electron chi connectivity index (χ1n) is 8.24. The van der Waals surface area contributed by atoms with Gasteiger partial charge in [-0.25, -0.2) is 9.78 Å². The summed E-state index contributed by atoms with van der Waals surface area (Å²) in [5, 5.41) is 2.50. The minimum Gasteiger partial charge on any atom is -0.460 e. The van der Waals surface area contributed by atoms with E-state index in [-0.39, 0.29) is 17.8 Å². The molecule has 3 N–H and O–H groups in total. The van der Waals surface area contributed by atoms with Crippen molar-refractivity contribution in [3.63, 3.8) is 0 Å². The Balaban J connectivity index is 2.94. The normalized spacial score (nSPS) is 12.8. The van der Waals surface area contributed by atoms with E-state index in [1.165, 1.54) is 18.3 Å². The second kappa shape index (κ2) is 8.16. The number of nitrogens with zero attached hydrogens (tertiary/aromatic N) is 1. The zero-order chi connectivity index (χ0) is 20.1. The van der Waals surface area contributed by atoms with Crippen LogP contribution in [-0.4, -0.2) is 40.1 Å². The van der Waals surface area contributed by atoms with Crippen molar-refractivity contribution in [1.29, 1.82) is 0 Å². The molecule has 1 aromatic heterocycles. The molecule has 0 aliphatic rings. The molecule has 0 spiro atoms. The third-order valence-corrected chi connectivity index (χ3v) is 2.83. The van der Waals surface area contributed by atoms with E-state index in [4.69, 9.17) is 15.2 Å². The molecule has 8 heteroatoms. The Morgan fingerprint density at radius 3 is 2.19 bits per heavy atom. The van der Waals surface area contributed by atoms with Crippen molar-refractivity contribution in [2.45, 2.75) is 65.2 Å². The Morgan fingerprint density at radius 2 is 1.69 bits per heavy atom. The summed E-state index contributed by atoms with van der Waals surface area (Å²) < 4.78 is 10.5. The second-order valence-corrected chi connectivity index (χ2v) is 7.82. The van der Waals surface area contributed by atoms with Gasteiger partial charge in [0.05, 0.1) is 6.42 Å². The highest BCUT2D eigenvalue weighted by Gasteiger charge is 2.31. The van der Waals surface area contributed by atoms with E-state index in [9.17, 15) is 14.4 Å². The number of esters is 2. The smallest absolute Gasteiger partial charge is 0.329 e. The summed E-state index contributed by atoms with van der Waals surface area (Å²) in [6, 6.07) is 1.63. The van der Waals surface area contributed by atoms with Crippen LogP contribution in [0.1, 0.15) is 58.3 Å². The zero-order valence-electron chi connectivity index (χ0n) is 16.1. The number of amides is 1. The Kier molecular flexibility index (Phi) is 6.72. The molecule has 144 valence electrons. The lowest BCUT2D eigenvalue weighted by atomic mass is 10.1. The third kappa shape index (κ3) is 7.96. The van der Waals surface area contributed by atoms with Gasteiger partial charge in [0.2, 0.25) is 0 Å². The first-order chi connectivity index (χ1) is 11.8. The Morgan fingerprint density at radius 1 is 1.12 bits per heavy atom. The summed E-state index contributed by atoms with van der Waals surface area (Å²) in [7, 11) is 0. The van der Waals surface area contributed by atoms with Gasteiger partial charge in [0.15, 0.2) is 0 Å². The molecule has 0 aliphatic carbocycles. The molecule has 1 heterocycles. The van der Waals surface area contributed by atoms with E-state index in [1.54, 1.807) is 41.5 Å². The summed E-state index contributed by atoms with van der Waals surface area (Å²) in [6.45, 7) is 10.2. The highest BCUT2D eigenvalue weighted by atomic mass is 16.6. The Bertz CT molecular complexity index is 674. The molecule has 0 radical (unpaired) electrons. The Labute approximate surface area is 153 Å². The molecule has 1 atom stereocenters. The van der Waals surface area contributed by atoms with E-state index < -0.39 is 35.1 Å². The number of nitrogens with two attached hydrogens (primary N) is 1. The topological polar surface area (TPSA) is 121 Å². The van der Waals surface area contributed by atoms with Crippen molar-refractivity contribution in [2.24, 2.45) is 0 Å². The summed E-state index contributed by atoms with van der Waals surface area (Å²) in [5.74, 6) is -1.75. The monoisotopic (exact) mass is 365 g/mol. The number of carbonyl (C=O) groups is 3. The lowest BCUT2D eigenvalue weighted by Gasteiger charge is -2.25. The summed E-state index contributed by atoms with van der Waals surface area (Å²) >= 11 is 0. The van der Waals surface area contributed by atoms with E-state index in [0.29, 0.717) is 0 Å². The number of nitrogens with one attached hydrogen (secondary N) is 1. The van der Waals surface area contributed by atoms with Crippen LogP contribution in [0.5, 0.6) is 0 Å². The van der Waals surface area contributed by atoms with E-state index in [2.05, 4.69) is 10.3 Å². The van der Waals surface area contributed by atoms with Crippen LogP contribution in [0.3, 0.4) is 0 Å². The Hall–Kier alpha value is -2.64. The van der Waals surface area contributed by atoms with E-state index in [1.807, 2.05) is 0 Å². The number of anilines is 1. The molecule has 0 saturated heterocycles. The molecule has 0 aliphatic heterocycles. The molecule has 1 amide bonds. The molecular formula is C18H27N3O5. The van der Waals surface area contributed by atoms with Gasteiger partial charge in [0.25, 0.3) is 5.91 Å². The number of nitrogen functional groups attached to an aromatic ring is 1. The van der Waals surface area contributed by atoms with Crippen LogP contribution in [0.4, 0.5) is 5.82 Å². The average molecular weight is 365 g/mol.